The van der Waals surface area contributed by atoms with Gasteiger partial charge in [-0.1, -0.05) is 11.6 Å². The average Bonchev–Trinajstić information content (AvgIpc) is 3.06. The molecule has 0 saturated heterocycles. The second-order valence-electron chi connectivity index (χ2n) is 5.15. The van der Waals surface area contributed by atoms with Crippen LogP contribution in [0.1, 0.15) is 0 Å². The van der Waals surface area contributed by atoms with E-state index >= 15 is 0 Å². The maximum Gasteiger partial charge on any atom is 0.187 e. The van der Waals surface area contributed by atoms with E-state index in [0.717, 1.165) is 22.8 Å². The van der Waals surface area contributed by atoms with E-state index in [4.69, 9.17) is 21.1 Å². The van der Waals surface area contributed by atoms with Gasteiger partial charge in [-0.3, -0.25) is 0 Å². The van der Waals surface area contributed by atoms with Crippen LogP contribution in [0.2, 0.25) is 5.02 Å². The number of benzene rings is 2. The summed E-state index contributed by atoms with van der Waals surface area (Å²) in [5.74, 6) is 1.03. The van der Waals surface area contributed by atoms with E-state index in [1.165, 1.54) is 23.5 Å². The summed E-state index contributed by atoms with van der Waals surface area (Å²) in [4.78, 5) is 4.55. The molecule has 0 unspecified atom stereocenters. The highest BCUT2D eigenvalue weighted by atomic mass is 35.5. The van der Waals surface area contributed by atoms with E-state index in [1.807, 2.05) is 23.6 Å². The van der Waals surface area contributed by atoms with Crippen molar-refractivity contribution in [3.8, 4) is 22.8 Å². The number of aromatic nitrogens is 1. The number of fused-ring (bicyclic) bond motifs is 1. The van der Waals surface area contributed by atoms with Gasteiger partial charge in [0.05, 0.1) is 10.7 Å². The van der Waals surface area contributed by atoms with Crippen LogP contribution in [0.5, 0.6) is 11.5 Å². The predicted molar refractivity (Wildman–Crippen MR) is 93.2 cm³/mol. The van der Waals surface area contributed by atoms with Crippen LogP contribution in [-0.2, 0) is 0 Å². The Kier molecular flexibility index (Phi) is 4.00. The second-order valence-corrected chi connectivity index (χ2v) is 6.42. The largest absolute Gasteiger partial charge is 0.486 e. The van der Waals surface area contributed by atoms with Crippen molar-refractivity contribution in [3.05, 3.63) is 52.6 Å². The average molecular weight is 363 g/mol. The van der Waals surface area contributed by atoms with Crippen molar-refractivity contribution < 1.29 is 13.9 Å². The molecule has 1 aromatic heterocycles. The monoisotopic (exact) mass is 362 g/mol. The fraction of sp³-hybridized carbons (Fsp3) is 0.118. The first-order valence-corrected chi connectivity index (χ1v) is 8.52. The molecule has 1 aliphatic rings. The standard InChI is InChI=1S/C17H12ClFN2O2S/c18-12-8-11(2-3-13(12)19)20-17-21-14(9-24-17)10-1-4-15-16(7-10)23-6-5-22-15/h1-4,7-9H,5-6H2,(H,20,21). The third-order valence-corrected chi connectivity index (χ3v) is 4.56. The van der Waals surface area contributed by atoms with Crippen molar-refractivity contribution in [3.63, 3.8) is 0 Å². The zero-order valence-electron chi connectivity index (χ0n) is 12.4. The highest BCUT2D eigenvalue weighted by Crippen LogP contribution is 2.35. The lowest BCUT2D eigenvalue weighted by Crippen LogP contribution is -2.15. The Morgan fingerprint density at radius 2 is 1.92 bits per heavy atom. The predicted octanol–water partition coefficient (Wildman–Crippen LogP) is 5.12. The van der Waals surface area contributed by atoms with Gasteiger partial charge in [0.1, 0.15) is 19.0 Å². The molecule has 2 aromatic carbocycles. The smallest absolute Gasteiger partial charge is 0.187 e. The summed E-state index contributed by atoms with van der Waals surface area (Å²) in [6.45, 7) is 1.11. The van der Waals surface area contributed by atoms with Gasteiger partial charge >= 0.3 is 0 Å². The Bertz CT molecular complexity index is 900. The minimum Gasteiger partial charge on any atom is -0.486 e. The van der Waals surface area contributed by atoms with Crippen molar-refractivity contribution >= 4 is 33.8 Å². The van der Waals surface area contributed by atoms with Gasteiger partial charge in [0, 0.05) is 16.6 Å². The van der Waals surface area contributed by atoms with E-state index in [0.29, 0.717) is 24.0 Å². The number of halogens is 2. The van der Waals surface area contributed by atoms with Crippen LogP contribution in [0, 0.1) is 5.82 Å². The normalized spacial score (nSPS) is 12.9. The Morgan fingerprint density at radius 1 is 1.08 bits per heavy atom. The van der Waals surface area contributed by atoms with Crippen molar-refractivity contribution in [1.82, 2.24) is 4.98 Å². The van der Waals surface area contributed by atoms with Crippen molar-refractivity contribution in [1.29, 1.82) is 0 Å². The molecule has 122 valence electrons. The quantitative estimate of drug-likeness (QED) is 0.702. The number of thiazole rings is 1. The maximum absolute atomic E-state index is 13.2. The van der Waals surface area contributed by atoms with Gasteiger partial charge in [0.2, 0.25) is 0 Å². The van der Waals surface area contributed by atoms with Crippen molar-refractivity contribution in [2.45, 2.75) is 0 Å². The fourth-order valence-electron chi connectivity index (χ4n) is 2.36. The summed E-state index contributed by atoms with van der Waals surface area (Å²) in [5.41, 5.74) is 2.46. The Balaban J connectivity index is 1.57. The van der Waals surface area contributed by atoms with Crippen LogP contribution in [0.25, 0.3) is 11.3 Å². The topological polar surface area (TPSA) is 43.4 Å². The van der Waals surface area contributed by atoms with Gasteiger partial charge in [-0.2, -0.15) is 0 Å². The van der Waals surface area contributed by atoms with Gasteiger partial charge in [-0.15, -0.1) is 11.3 Å². The van der Waals surface area contributed by atoms with Gasteiger partial charge in [0.15, 0.2) is 16.6 Å². The number of anilines is 2. The van der Waals surface area contributed by atoms with Crippen LogP contribution < -0.4 is 14.8 Å². The molecule has 0 spiro atoms. The molecule has 0 aliphatic carbocycles. The van der Waals surface area contributed by atoms with Crippen LogP contribution in [0.3, 0.4) is 0 Å². The zero-order chi connectivity index (χ0) is 16.5. The highest BCUT2D eigenvalue weighted by molar-refractivity contribution is 7.14. The number of ether oxygens (including phenoxy) is 2. The molecule has 4 rings (SSSR count). The Hall–Kier alpha value is -2.31. The van der Waals surface area contributed by atoms with E-state index in [1.54, 1.807) is 6.07 Å². The summed E-state index contributed by atoms with van der Waals surface area (Å²) in [6.07, 6.45) is 0. The molecule has 4 nitrogen and oxygen atoms in total. The van der Waals surface area contributed by atoms with Gasteiger partial charge in [0.25, 0.3) is 0 Å². The lowest BCUT2D eigenvalue weighted by molar-refractivity contribution is 0.171. The minimum absolute atomic E-state index is 0.0728. The SMILES string of the molecule is Fc1ccc(Nc2nc(-c3ccc4c(c3)OCCO4)cs2)cc1Cl. The van der Waals surface area contributed by atoms with E-state index in [2.05, 4.69) is 10.3 Å². The van der Waals surface area contributed by atoms with Crippen molar-refractivity contribution in [2.75, 3.05) is 18.5 Å². The second kappa shape index (κ2) is 6.30. The molecular formula is C17H12ClFN2O2S. The lowest BCUT2D eigenvalue weighted by Gasteiger charge is -2.18. The zero-order valence-corrected chi connectivity index (χ0v) is 14.0. The minimum atomic E-state index is -0.446. The summed E-state index contributed by atoms with van der Waals surface area (Å²) >= 11 is 7.25. The Morgan fingerprint density at radius 3 is 2.75 bits per heavy atom. The first-order chi connectivity index (χ1) is 11.7. The van der Waals surface area contributed by atoms with E-state index in [9.17, 15) is 4.39 Å². The summed E-state index contributed by atoms with van der Waals surface area (Å²) in [7, 11) is 0. The molecule has 0 amide bonds. The molecule has 24 heavy (non-hydrogen) atoms. The molecule has 1 N–H and O–H groups in total. The van der Waals surface area contributed by atoms with Crippen molar-refractivity contribution in [2.24, 2.45) is 0 Å². The lowest BCUT2D eigenvalue weighted by atomic mass is 10.1. The number of hydrogen-bond donors (Lipinski definition) is 1. The third-order valence-electron chi connectivity index (χ3n) is 3.51. The molecule has 0 fully saturated rings. The molecular weight excluding hydrogens is 351 g/mol. The molecule has 0 bridgehead atoms. The fourth-order valence-corrected chi connectivity index (χ4v) is 3.28. The van der Waals surface area contributed by atoms with Gasteiger partial charge in [-0.25, -0.2) is 9.37 Å². The highest BCUT2D eigenvalue weighted by Gasteiger charge is 2.14. The number of rotatable bonds is 3. The van der Waals surface area contributed by atoms with Crippen LogP contribution >= 0.6 is 22.9 Å². The van der Waals surface area contributed by atoms with Crippen LogP contribution in [0.15, 0.2) is 41.8 Å². The molecule has 2 heterocycles. The van der Waals surface area contributed by atoms with E-state index < -0.39 is 5.82 Å². The van der Waals surface area contributed by atoms with Crippen LogP contribution in [-0.4, -0.2) is 18.2 Å². The number of nitrogens with one attached hydrogen (secondary N) is 1. The molecule has 0 saturated carbocycles. The summed E-state index contributed by atoms with van der Waals surface area (Å²) in [6, 6.07) is 10.2. The maximum atomic E-state index is 13.2. The van der Waals surface area contributed by atoms with Gasteiger partial charge in [-0.05, 0) is 36.4 Å². The number of hydrogen-bond acceptors (Lipinski definition) is 5. The van der Waals surface area contributed by atoms with Crippen LogP contribution in [0.4, 0.5) is 15.2 Å². The molecule has 0 atom stereocenters. The summed E-state index contributed by atoms with van der Waals surface area (Å²) < 4.78 is 24.3. The first kappa shape index (κ1) is 15.2. The molecule has 7 heteroatoms. The third kappa shape index (κ3) is 3.02. The van der Waals surface area contributed by atoms with E-state index in [-0.39, 0.29) is 5.02 Å². The Labute approximate surface area is 146 Å². The first-order valence-electron chi connectivity index (χ1n) is 7.27. The molecule has 0 radical (unpaired) electrons. The molecule has 1 aliphatic heterocycles. The van der Waals surface area contributed by atoms with Gasteiger partial charge < -0.3 is 14.8 Å². The number of nitrogens with zero attached hydrogens (tertiary/aromatic N) is 1. The molecule has 3 aromatic rings. The summed E-state index contributed by atoms with van der Waals surface area (Å²) in [5, 5.41) is 5.84.